The van der Waals surface area contributed by atoms with Crippen molar-refractivity contribution in [2.24, 2.45) is 0 Å². The largest absolute Gasteiger partial charge is 0.480 e. The highest BCUT2D eigenvalue weighted by Crippen LogP contribution is 2.31. The number of nitrogens with one attached hydrogen (secondary N) is 2. The third kappa shape index (κ3) is 3.29. The van der Waals surface area contributed by atoms with E-state index in [0.29, 0.717) is 28.4 Å². The molecule has 1 aliphatic rings. The van der Waals surface area contributed by atoms with E-state index in [9.17, 15) is 9.59 Å². The van der Waals surface area contributed by atoms with E-state index in [4.69, 9.17) is 16.3 Å². The number of hydrogen-bond donors (Lipinski definition) is 2. The minimum Gasteiger partial charge on any atom is -0.480 e. The van der Waals surface area contributed by atoms with Gasteiger partial charge in [-0.25, -0.2) is 0 Å². The van der Waals surface area contributed by atoms with Crippen LogP contribution in [0.5, 0.6) is 5.75 Å². The molecule has 1 unspecified atom stereocenters. The standard InChI is InChI=1S/C17H15ClN2O3/c1-19-16(21)10-3-2-4-13(8-10)20-17(22)15-9-11-7-12(18)5-6-14(11)23-15/h2-8,15H,9H2,1H3,(H,19,21)(H,20,22). The summed E-state index contributed by atoms with van der Waals surface area (Å²) >= 11 is 5.95. The number of fused-ring (bicyclic) bond motifs is 1. The van der Waals surface area contributed by atoms with Gasteiger partial charge in [0.25, 0.3) is 11.8 Å². The lowest BCUT2D eigenvalue weighted by Gasteiger charge is -2.12. The van der Waals surface area contributed by atoms with Gasteiger partial charge < -0.3 is 15.4 Å². The normalized spacial score (nSPS) is 15.5. The molecule has 2 aromatic carbocycles. The summed E-state index contributed by atoms with van der Waals surface area (Å²) in [6.07, 6.45) is -0.135. The first-order valence-electron chi connectivity index (χ1n) is 7.15. The highest BCUT2D eigenvalue weighted by molar-refractivity contribution is 6.30. The Hall–Kier alpha value is -2.53. The summed E-state index contributed by atoms with van der Waals surface area (Å²) < 4.78 is 5.64. The maximum Gasteiger partial charge on any atom is 0.265 e. The van der Waals surface area contributed by atoms with Crippen LogP contribution in [0.25, 0.3) is 0 Å². The fourth-order valence-corrected chi connectivity index (χ4v) is 2.66. The molecule has 2 aromatic rings. The molecule has 1 heterocycles. The average molecular weight is 331 g/mol. The molecule has 0 fully saturated rings. The van der Waals surface area contributed by atoms with E-state index in [-0.39, 0.29) is 11.8 Å². The zero-order valence-electron chi connectivity index (χ0n) is 12.4. The number of rotatable bonds is 3. The van der Waals surface area contributed by atoms with Crippen molar-refractivity contribution >= 4 is 29.1 Å². The van der Waals surface area contributed by atoms with Gasteiger partial charge in [0.1, 0.15) is 5.75 Å². The molecular weight excluding hydrogens is 316 g/mol. The second-order valence-electron chi connectivity index (χ2n) is 5.21. The Balaban J connectivity index is 1.70. The van der Waals surface area contributed by atoms with Crippen LogP contribution >= 0.6 is 11.6 Å². The van der Waals surface area contributed by atoms with Crippen LogP contribution in [0.3, 0.4) is 0 Å². The smallest absolute Gasteiger partial charge is 0.265 e. The lowest BCUT2D eigenvalue weighted by atomic mass is 10.1. The molecule has 0 aliphatic carbocycles. The first-order chi connectivity index (χ1) is 11.1. The highest BCUT2D eigenvalue weighted by atomic mass is 35.5. The minimum absolute atomic E-state index is 0.208. The molecule has 5 nitrogen and oxygen atoms in total. The van der Waals surface area contributed by atoms with Gasteiger partial charge in [0.15, 0.2) is 6.10 Å². The van der Waals surface area contributed by atoms with E-state index in [1.807, 2.05) is 0 Å². The molecule has 0 radical (unpaired) electrons. The molecule has 118 valence electrons. The summed E-state index contributed by atoms with van der Waals surface area (Å²) in [5.41, 5.74) is 1.94. The van der Waals surface area contributed by atoms with E-state index in [0.717, 1.165) is 5.56 Å². The Morgan fingerprint density at radius 3 is 2.83 bits per heavy atom. The minimum atomic E-state index is -0.605. The van der Waals surface area contributed by atoms with Gasteiger partial charge in [0.2, 0.25) is 0 Å². The summed E-state index contributed by atoms with van der Waals surface area (Å²) in [6, 6.07) is 12.0. The van der Waals surface area contributed by atoms with E-state index < -0.39 is 6.10 Å². The Morgan fingerprint density at radius 2 is 2.04 bits per heavy atom. The molecule has 2 N–H and O–H groups in total. The quantitative estimate of drug-likeness (QED) is 0.909. The summed E-state index contributed by atoms with van der Waals surface area (Å²) in [4.78, 5) is 24.0. The van der Waals surface area contributed by atoms with Gasteiger partial charge in [0.05, 0.1) is 0 Å². The topological polar surface area (TPSA) is 67.4 Å². The first kappa shape index (κ1) is 15.4. The van der Waals surface area contributed by atoms with E-state index in [1.165, 1.54) is 0 Å². The van der Waals surface area contributed by atoms with Crippen LogP contribution in [-0.2, 0) is 11.2 Å². The van der Waals surface area contributed by atoms with E-state index in [2.05, 4.69) is 10.6 Å². The van der Waals surface area contributed by atoms with Crippen LogP contribution in [0.15, 0.2) is 42.5 Å². The third-order valence-electron chi connectivity index (χ3n) is 3.61. The van der Waals surface area contributed by atoms with Crippen molar-refractivity contribution in [1.29, 1.82) is 0 Å². The van der Waals surface area contributed by atoms with E-state index in [1.54, 1.807) is 49.5 Å². The Bertz CT molecular complexity index is 776. The number of ether oxygens (including phenoxy) is 1. The molecule has 0 aromatic heterocycles. The number of halogens is 1. The lowest BCUT2D eigenvalue weighted by Crippen LogP contribution is -2.31. The highest BCUT2D eigenvalue weighted by Gasteiger charge is 2.29. The van der Waals surface area contributed by atoms with Crippen LogP contribution in [0, 0.1) is 0 Å². The van der Waals surface area contributed by atoms with Crippen molar-refractivity contribution in [1.82, 2.24) is 5.32 Å². The molecule has 1 atom stereocenters. The number of amides is 2. The zero-order chi connectivity index (χ0) is 16.4. The van der Waals surface area contributed by atoms with Crippen molar-refractivity contribution < 1.29 is 14.3 Å². The molecule has 1 aliphatic heterocycles. The molecule has 6 heteroatoms. The number of anilines is 1. The summed E-state index contributed by atoms with van der Waals surface area (Å²) in [7, 11) is 1.56. The number of carbonyl (C=O) groups excluding carboxylic acids is 2. The molecule has 23 heavy (non-hydrogen) atoms. The van der Waals surface area contributed by atoms with Crippen LogP contribution in [0.2, 0.25) is 5.02 Å². The lowest BCUT2D eigenvalue weighted by molar-refractivity contribution is -0.122. The van der Waals surface area contributed by atoms with Crippen molar-refractivity contribution in [2.45, 2.75) is 12.5 Å². The Kier molecular flexibility index (Phi) is 4.21. The van der Waals surface area contributed by atoms with Crippen LogP contribution in [0.4, 0.5) is 5.69 Å². The van der Waals surface area contributed by atoms with Crippen molar-refractivity contribution in [3.8, 4) is 5.75 Å². The fourth-order valence-electron chi connectivity index (χ4n) is 2.47. The maximum absolute atomic E-state index is 12.3. The van der Waals surface area contributed by atoms with Crippen LogP contribution in [-0.4, -0.2) is 25.0 Å². The average Bonchev–Trinajstić information content (AvgIpc) is 2.97. The molecule has 2 amide bonds. The maximum atomic E-state index is 12.3. The Labute approximate surface area is 138 Å². The number of carbonyl (C=O) groups is 2. The number of hydrogen-bond acceptors (Lipinski definition) is 3. The molecule has 3 rings (SSSR count). The summed E-state index contributed by atoms with van der Waals surface area (Å²) in [5.74, 6) is 0.209. The predicted octanol–water partition coefficient (Wildman–Crippen LogP) is 2.64. The third-order valence-corrected chi connectivity index (χ3v) is 3.84. The molecule has 0 bridgehead atoms. The first-order valence-corrected chi connectivity index (χ1v) is 7.52. The molecular formula is C17H15ClN2O3. The molecule has 0 saturated carbocycles. The van der Waals surface area contributed by atoms with Crippen molar-refractivity contribution in [3.63, 3.8) is 0 Å². The van der Waals surface area contributed by atoms with Gasteiger partial charge in [-0.2, -0.15) is 0 Å². The van der Waals surface area contributed by atoms with E-state index >= 15 is 0 Å². The monoisotopic (exact) mass is 330 g/mol. The predicted molar refractivity (Wildman–Crippen MR) is 88.0 cm³/mol. The SMILES string of the molecule is CNC(=O)c1cccc(NC(=O)C2Cc3cc(Cl)ccc3O2)c1. The van der Waals surface area contributed by atoms with Gasteiger partial charge in [-0.15, -0.1) is 0 Å². The van der Waals surface area contributed by atoms with Gasteiger partial charge in [0, 0.05) is 29.7 Å². The molecule has 0 spiro atoms. The summed E-state index contributed by atoms with van der Waals surface area (Å²) in [6.45, 7) is 0. The molecule has 0 saturated heterocycles. The Morgan fingerprint density at radius 1 is 1.22 bits per heavy atom. The zero-order valence-corrected chi connectivity index (χ0v) is 13.2. The second kappa shape index (κ2) is 6.30. The second-order valence-corrected chi connectivity index (χ2v) is 5.65. The van der Waals surface area contributed by atoms with Crippen molar-refractivity contribution in [2.75, 3.05) is 12.4 Å². The van der Waals surface area contributed by atoms with Gasteiger partial charge in [-0.05, 0) is 42.0 Å². The fraction of sp³-hybridized carbons (Fsp3) is 0.176. The van der Waals surface area contributed by atoms with Gasteiger partial charge >= 0.3 is 0 Å². The number of benzene rings is 2. The van der Waals surface area contributed by atoms with Gasteiger partial charge in [-0.1, -0.05) is 17.7 Å². The van der Waals surface area contributed by atoms with Crippen LogP contribution in [0.1, 0.15) is 15.9 Å². The van der Waals surface area contributed by atoms with Crippen molar-refractivity contribution in [3.05, 3.63) is 58.6 Å². The van der Waals surface area contributed by atoms with Crippen LogP contribution < -0.4 is 15.4 Å². The van der Waals surface area contributed by atoms with Gasteiger partial charge in [-0.3, -0.25) is 9.59 Å². The summed E-state index contributed by atoms with van der Waals surface area (Å²) in [5, 5.41) is 5.94.